The molecule has 0 fully saturated rings. The SMILES string of the molecule is COC(=O)C(C=O)c1ccc(C)cc1. The fraction of sp³-hybridized carbons (Fsp3) is 0.273. The topological polar surface area (TPSA) is 43.4 Å². The second kappa shape index (κ2) is 4.56. The van der Waals surface area contributed by atoms with Crippen LogP contribution in [0.15, 0.2) is 24.3 Å². The zero-order chi connectivity index (χ0) is 10.6. The van der Waals surface area contributed by atoms with E-state index in [0.29, 0.717) is 11.8 Å². The van der Waals surface area contributed by atoms with Gasteiger partial charge in [-0.3, -0.25) is 4.79 Å². The lowest BCUT2D eigenvalue weighted by molar-refractivity contribution is -0.143. The Balaban J connectivity index is 2.95. The van der Waals surface area contributed by atoms with Gasteiger partial charge in [0.1, 0.15) is 12.2 Å². The minimum Gasteiger partial charge on any atom is -0.468 e. The predicted octanol–water partition coefficient (Wildman–Crippen LogP) is 1.45. The highest BCUT2D eigenvalue weighted by Gasteiger charge is 2.19. The summed E-state index contributed by atoms with van der Waals surface area (Å²) in [4.78, 5) is 21.9. The van der Waals surface area contributed by atoms with Crippen molar-refractivity contribution in [2.75, 3.05) is 7.11 Å². The molecule has 0 aliphatic carbocycles. The fourth-order valence-electron chi connectivity index (χ4n) is 1.17. The number of benzene rings is 1. The van der Waals surface area contributed by atoms with E-state index < -0.39 is 11.9 Å². The van der Waals surface area contributed by atoms with Crippen LogP contribution in [0.4, 0.5) is 0 Å². The molecule has 0 bridgehead atoms. The van der Waals surface area contributed by atoms with Crippen LogP contribution < -0.4 is 0 Å². The quantitative estimate of drug-likeness (QED) is 0.413. The minimum absolute atomic E-state index is 0.524. The fourth-order valence-corrected chi connectivity index (χ4v) is 1.17. The molecule has 0 N–H and O–H groups in total. The second-order valence-electron chi connectivity index (χ2n) is 3.05. The Morgan fingerprint density at radius 2 is 1.93 bits per heavy atom. The maximum Gasteiger partial charge on any atom is 0.320 e. The second-order valence-corrected chi connectivity index (χ2v) is 3.05. The van der Waals surface area contributed by atoms with Gasteiger partial charge in [-0.2, -0.15) is 0 Å². The van der Waals surface area contributed by atoms with Crippen molar-refractivity contribution >= 4 is 12.3 Å². The van der Waals surface area contributed by atoms with E-state index in [9.17, 15) is 9.59 Å². The molecule has 0 heterocycles. The van der Waals surface area contributed by atoms with Crippen molar-refractivity contribution in [2.45, 2.75) is 12.8 Å². The largest absolute Gasteiger partial charge is 0.468 e. The van der Waals surface area contributed by atoms with E-state index in [1.54, 1.807) is 12.1 Å². The predicted molar refractivity (Wildman–Crippen MR) is 52.0 cm³/mol. The van der Waals surface area contributed by atoms with Gasteiger partial charge in [0, 0.05) is 0 Å². The van der Waals surface area contributed by atoms with E-state index in [-0.39, 0.29) is 0 Å². The molecular weight excluding hydrogens is 180 g/mol. The number of carbonyl (C=O) groups excluding carboxylic acids is 2. The highest BCUT2D eigenvalue weighted by Crippen LogP contribution is 2.15. The van der Waals surface area contributed by atoms with E-state index in [1.807, 2.05) is 19.1 Å². The molecule has 1 aromatic rings. The third-order valence-corrected chi connectivity index (χ3v) is 2.03. The first-order valence-corrected chi connectivity index (χ1v) is 4.28. The molecule has 3 heteroatoms. The molecule has 1 aromatic carbocycles. The first-order chi connectivity index (χ1) is 6.69. The van der Waals surface area contributed by atoms with Gasteiger partial charge in [-0.05, 0) is 12.5 Å². The number of hydrogen-bond acceptors (Lipinski definition) is 3. The molecule has 0 aliphatic rings. The van der Waals surface area contributed by atoms with Crippen LogP contribution in [0.5, 0.6) is 0 Å². The average Bonchev–Trinajstić information content (AvgIpc) is 2.21. The Kier molecular flexibility index (Phi) is 3.40. The average molecular weight is 192 g/mol. The number of aryl methyl sites for hydroxylation is 1. The molecule has 3 nitrogen and oxygen atoms in total. The van der Waals surface area contributed by atoms with Crippen LogP contribution in [0.2, 0.25) is 0 Å². The summed E-state index contributed by atoms with van der Waals surface area (Å²) in [6.45, 7) is 1.94. The van der Waals surface area contributed by atoms with Crippen molar-refractivity contribution < 1.29 is 14.3 Å². The number of methoxy groups -OCH3 is 1. The number of aldehydes is 1. The summed E-state index contributed by atoms with van der Waals surface area (Å²) in [5.41, 5.74) is 1.75. The van der Waals surface area contributed by atoms with Crippen LogP contribution in [-0.2, 0) is 14.3 Å². The lowest BCUT2D eigenvalue weighted by atomic mass is 10.00. The molecule has 0 radical (unpaired) electrons. The number of rotatable bonds is 3. The zero-order valence-electron chi connectivity index (χ0n) is 8.19. The van der Waals surface area contributed by atoms with Crippen molar-refractivity contribution in [1.82, 2.24) is 0 Å². The molecule has 1 atom stereocenters. The van der Waals surface area contributed by atoms with Gasteiger partial charge in [0.05, 0.1) is 7.11 Å². The summed E-state index contributed by atoms with van der Waals surface area (Å²) < 4.78 is 4.52. The van der Waals surface area contributed by atoms with Crippen LogP contribution >= 0.6 is 0 Å². The summed E-state index contributed by atoms with van der Waals surface area (Å²) in [5.74, 6) is -1.33. The van der Waals surface area contributed by atoms with Crippen LogP contribution in [0.1, 0.15) is 17.0 Å². The Hall–Kier alpha value is -1.64. The van der Waals surface area contributed by atoms with Gasteiger partial charge in [-0.15, -0.1) is 0 Å². The van der Waals surface area contributed by atoms with Crippen LogP contribution in [0, 0.1) is 6.92 Å². The number of hydrogen-bond donors (Lipinski definition) is 0. The summed E-state index contributed by atoms with van der Waals surface area (Å²) >= 11 is 0. The Morgan fingerprint density at radius 3 is 2.36 bits per heavy atom. The first-order valence-electron chi connectivity index (χ1n) is 4.28. The normalized spacial score (nSPS) is 11.9. The van der Waals surface area contributed by atoms with Gasteiger partial charge in [0.25, 0.3) is 0 Å². The molecule has 0 saturated heterocycles. The van der Waals surface area contributed by atoms with E-state index in [4.69, 9.17) is 0 Å². The first kappa shape index (κ1) is 10.4. The smallest absolute Gasteiger partial charge is 0.320 e. The molecule has 0 amide bonds. The van der Waals surface area contributed by atoms with E-state index in [1.165, 1.54) is 7.11 Å². The Morgan fingerprint density at radius 1 is 1.36 bits per heavy atom. The van der Waals surface area contributed by atoms with Gasteiger partial charge in [0.15, 0.2) is 0 Å². The summed E-state index contributed by atoms with van der Waals surface area (Å²) in [5, 5.41) is 0. The molecule has 1 rings (SSSR count). The number of ether oxygens (including phenoxy) is 1. The van der Waals surface area contributed by atoms with Crippen LogP contribution in [0.3, 0.4) is 0 Å². The van der Waals surface area contributed by atoms with E-state index >= 15 is 0 Å². The molecule has 0 aliphatic heterocycles. The van der Waals surface area contributed by atoms with Gasteiger partial charge in [-0.1, -0.05) is 29.8 Å². The molecule has 74 valence electrons. The van der Waals surface area contributed by atoms with Gasteiger partial charge in [-0.25, -0.2) is 0 Å². The van der Waals surface area contributed by atoms with Crippen molar-refractivity contribution in [3.63, 3.8) is 0 Å². The van der Waals surface area contributed by atoms with Crippen molar-refractivity contribution in [1.29, 1.82) is 0 Å². The lowest BCUT2D eigenvalue weighted by Gasteiger charge is -2.07. The maximum atomic E-state index is 11.2. The molecular formula is C11H12O3. The summed E-state index contributed by atoms with van der Waals surface area (Å²) in [6.07, 6.45) is 0.594. The summed E-state index contributed by atoms with van der Waals surface area (Å²) in [6, 6.07) is 7.22. The highest BCUT2D eigenvalue weighted by atomic mass is 16.5. The van der Waals surface area contributed by atoms with Gasteiger partial charge < -0.3 is 9.53 Å². The van der Waals surface area contributed by atoms with Gasteiger partial charge in [0.2, 0.25) is 0 Å². The van der Waals surface area contributed by atoms with Crippen molar-refractivity contribution in [3.05, 3.63) is 35.4 Å². The van der Waals surface area contributed by atoms with Crippen LogP contribution in [0.25, 0.3) is 0 Å². The molecule has 0 aromatic heterocycles. The monoisotopic (exact) mass is 192 g/mol. The van der Waals surface area contributed by atoms with Crippen molar-refractivity contribution in [3.8, 4) is 0 Å². The Bertz CT molecular complexity index is 327. The van der Waals surface area contributed by atoms with Crippen molar-refractivity contribution in [2.24, 2.45) is 0 Å². The standard InChI is InChI=1S/C11H12O3/c1-8-3-5-9(6-4-8)10(7-12)11(13)14-2/h3-7,10H,1-2H3. The molecule has 14 heavy (non-hydrogen) atoms. The van der Waals surface area contributed by atoms with Crippen LogP contribution in [-0.4, -0.2) is 19.4 Å². The number of esters is 1. The number of carbonyl (C=O) groups is 2. The molecule has 1 unspecified atom stereocenters. The minimum atomic E-state index is -0.805. The van der Waals surface area contributed by atoms with E-state index in [0.717, 1.165) is 5.56 Å². The lowest BCUT2D eigenvalue weighted by Crippen LogP contribution is -2.15. The zero-order valence-corrected chi connectivity index (χ0v) is 8.19. The highest BCUT2D eigenvalue weighted by molar-refractivity contribution is 5.94. The van der Waals surface area contributed by atoms with Gasteiger partial charge >= 0.3 is 5.97 Å². The Labute approximate surface area is 82.7 Å². The molecule has 0 saturated carbocycles. The third-order valence-electron chi connectivity index (χ3n) is 2.03. The molecule has 0 spiro atoms. The maximum absolute atomic E-state index is 11.2. The van der Waals surface area contributed by atoms with E-state index in [2.05, 4.69) is 4.74 Å². The third kappa shape index (κ3) is 2.19. The summed E-state index contributed by atoms with van der Waals surface area (Å²) in [7, 11) is 1.27.